The molecule has 2 N–H and O–H groups in total. The number of aryl methyl sites for hydroxylation is 1. The van der Waals surface area contributed by atoms with Crippen molar-refractivity contribution in [1.82, 2.24) is 4.90 Å². The summed E-state index contributed by atoms with van der Waals surface area (Å²) < 4.78 is 5.70. The summed E-state index contributed by atoms with van der Waals surface area (Å²) in [7, 11) is 0. The summed E-state index contributed by atoms with van der Waals surface area (Å²) >= 11 is 1.89. The lowest BCUT2D eigenvalue weighted by molar-refractivity contribution is -0.0494. The largest absolute Gasteiger partial charge is 0.374 e. The number of rotatable bonds is 3. The Hall–Kier alpha value is -0.420. The van der Waals surface area contributed by atoms with Crippen molar-refractivity contribution in [2.24, 2.45) is 5.73 Å². The number of hydrogen-bond donors (Lipinski definition) is 1. The first-order valence-electron chi connectivity index (χ1n) is 6.25. The van der Waals surface area contributed by atoms with Crippen molar-refractivity contribution >= 4 is 11.3 Å². The summed E-state index contributed by atoms with van der Waals surface area (Å²) in [5, 5.41) is 0. The molecule has 3 nitrogen and oxygen atoms in total. The van der Waals surface area contributed by atoms with Crippen LogP contribution in [0.1, 0.15) is 29.6 Å². The Morgan fingerprint density at radius 1 is 1.47 bits per heavy atom. The number of hydrogen-bond acceptors (Lipinski definition) is 4. The predicted molar refractivity (Wildman–Crippen MR) is 72.4 cm³/mol. The smallest absolute Gasteiger partial charge is 0.0850 e. The highest BCUT2D eigenvalue weighted by Crippen LogP contribution is 2.28. The first kappa shape index (κ1) is 13.0. The monoisotopic (exact) mass is 254 g/mol. The zero-order chi connectivity index (χ0) is 12.4. The molecule has 1 aliphatic rings. The summed E-state index contributed by atoms with van der Waals surface area (Å²) in [5.74, 6) is 0. The van der Waals surface area contributed by atoms with Gasteiger partial charge < -0.3 is 10.5 Å². The molecular formula is C13H22N2OS. The van der Waals surface area contributed by atoms with Gasteiger partial charge in [-0.3, -0.25) is 4.90 Å². The third-order valence-corrected chi connectivity index (χ3v) is 4.60. The summed E-state index contributed by atoms with van der Waals surface area (Å²) in [6, 6.07) is 5.01. The Bertz CT molecular complexity index is 364. The fraction of sp³-hybridized carbons (Fsp3) is 0.692. The molecule has 1 aromatic heterocycles. The lowest BCUT2D eigenvalue weighted by atomic mass is 10.1. The van der Waals surface area contributed by atoms with E-state index in [1.54, 1.807) is 0 Å². The minimum Gasteiger partial charge on any atom is -0.374 e. The zero-order valence-electron chi connectivity index (χ0n) is 10.8. The van der Waals surface area contributed by atoms with Crippen LogP contribution in [0.3, 0.4) is 0 Å². The molecule has 0 amide bonds. The second-order valence-corrected chi connectivity index (χ2v) is 6.21. The van der Waals surface area contributed by atoms with Crippen LogP contribution in [0.25, 0.3) is 0 Å². The van der Waals surface area contributed by atoms with Gasteiger partial charge in [-0.25, -0.2) is 0 Å². The molecule has 17 heavy (non-hydrogen) atoms. The molecule has 0 aromatic carbocycles. The SMILES string of the molecule is Cc1ccc(C(C)N2CCOC(C(C)N)C2)s1. The molecule has 1 aromatic rings. The Labute approximate surface area is 108 Å². The highest BCUT2D eigenvalue weighted by Gasteiger charge is 2.27. The van der Waals surface area contributed by atoms with Gasteiger partial charge in [-0.2, -0.15) is 0 Å². The maximum absolute atomic E-state index is 5.92. The topological polar surface area (TPSA) is 38.5 Å². The van der Waals surface area contributed by atoms with Crippen molar-refractivity contribution in [3.8, 4) is 0 Å². The molecule has 4 heteroatoms. The van der Waals surface area contributed by atoms with Crippen molar-refractivity contribution in [1.29, 1.82) is 0 Å². The van der Waals surface area contributed by atoms with Gasteiger partial charge in [0.2, 0.25) is 0 Å². The number of nitrogens with zero attached hydrogens (tertiary/aromatic N) is 1. The molecule has 3 unspecified atom stereocenters. The summed E-state index contributed by atoms with van der Waals surface area (Å²) in [6.45, 7) is 9.19. The number of morpholine rings is 1. The number of ether oxygens (including phenoxy) is 1. The molecule has 0 spiro atoms. The molecule has 1 saturated heterocycles. The quantitative estimate of drug-likeness (QED) is 0.898. The van der Waals surface area contributed by atoms with Gasteiger partial charge in [0.25, 0.3) is 0 Å². The summed E-state index contributed by atoms with van der Waals surface area (Å²) in [6.07, 6.45) is 0.173. The second-order valence-electron chi connectivity index (χ2n) is 4.89. The molecule has 1 aliphatic heterocycles. The van der Waals surface area contributed by atoms with Crippen LogP contribution in [-0.2, 0) is 4.74 Å². The van der Waals surface area contributed by atoms with E-state index in [1.807, 2.05) is 18.3 Å². The van der Waals surface area contributed by atoms with E-state index in [0.29, 0.717) is 6.04 Å². The average molecular weight is 254 g/mol. The van der Waals surface area contributed by atoms with Gasteiger partial charge in [-0.05, 0) is 32.9 Å². The molecule has 2 rings (SSSR count). The van der Waals surface area contributed by atoms with Crippen LogP contribution in [-0.4, -0.2) is 36.7 Å². The Morgan fingerprint density at radius 3 is 2.82 bits per heavy atom. The molecule has 0 bridgehead atoms. The standard InChI is InChI=1S/C13H22N2OS/c1-9-4-5-13(17-9)11(3)15-6-7-16-12(8-15)10(2)14/h4-5,10-12H,6-8,14H2,1-3H3. The van der Waals surface area contributed by atoms with Crippen LogP contribution in [0.15, 0.2) is 12.1 Å². The molecule has 0 aliphatic carbocycles. The second kappa shape index (κ2) is 5.48. The van der Waals surface area contributed by atoms with Gasteiger partial charge >= 0.3 is 0 Å². The van der Waals surface area contributed by atoms with E-state index >= 15 is 0 Å². The van der Waals surface area contributed by atoms with Gasteiger partial charge in [0.05, 0.1) is 12.7 Å². The van der Waals surface area contributed by atoms with Crippen molar-refractivity contribution in [3.05, 3.63) is 21.9 Å². The first-order chi connectivity index (χ1) is 8.08. The van der Waals surface area contributed by atoms with Gasteiger partial charge in [0, 0.05) is 34.9 Å². The predicted octanol–water partition coefficient (Wildman–Crippen LogP) is 2.17. The van der Waals surface area contributed by atoms with E-state index in [-0.39, 0.29) is 12.1 Å². The van der Waals surface area contributed by atoms with E-state index in [4.69, 9.17) is 10.5 Å². The van der Waals surface area contributed by atoms with E-state index in [2.05, 4.69) is 30.9 Å². The summed E-state index contributed by atoms with van der Waals surface area (Å²) in [4.78, 5) is 5.29. The van der Waals surface area contributed by atoms with E-state index < -0.39 is 0 Å². The molecule has 1 fully saturated rings. The van der Waals surface area contributed by atoms with Gasteiger partial charge in [0.1, 0.15) is 0 Å². The molecule has 0 saturated carbocycles. The van der Waals surface area contributed by atoms with Gasteiger partial charge in [-0.1, -0.05) is 0 Å². The van der Waals surface area contributed by atoms with Crippen LogP contribution < -0.4 is 5.73 Å². The molecule has 2 heterocycles. The molecular weight excluding hydrogens is 232 g/mol. The third-order valence-electron chi connectivity index (χ3n) is 3.43. The van der Waals surface area contributed by atoms with E-state index in [0.717, 1.165) is 19.7 Å². The molecule has 96 valence electrons. The first-order valence-corrected chi connectivity index (χ1v) is 7.07. The Morgan fingerprint density at radius 2 is 2.24 bits per heavy atom. The average Bonchev–Trinajstić information content (AvgIpc) is 2.75. The highest BCUT2D eigenvalue weighted by molar-refractivity contribution is 7.12. The maximum Gasteiger partial charge on any atom is 0.0850 e. The highest BCUT2D eigenvalue weighted by atomic mass is 32.1. The van der Waals surface area contributed by atoms with E-state index in [9.17, 15) is 0 Å². The van der Waals surface area contributed by atoms with Crippen LogP contribution in [0.4, 0.5) is 0 Å². The minimum absolute atomic E-state index is 0.107. The van der Waals surface area contributed by atoms with Crippen molar-refractivity contribution in [3.63, 3.8) is 0 Å². The van der Waals surface area contributed by atoms with Gasteiger partial charge in [0.15, 0.2) is 0 Å². The fourth-order valence-electron chi connectivity index (χ4n) is 2.22. The molecule has 3 atom stereocenters. The Balaban J connectivity index is 2.02. The van der Waals surface area contributed by atoms with Crippen LogP contribution in [0.5, 0.6) is 0 Å². The number of thiophene rings is 1. The molecule has 0 radical (unpaired) electrons. The third kappa shape index (κ3) is 3.07. The van der Waals surface area contributed by atoms with Crippen LogP contribution in [0, 0.1) is 6.92 Å². The lowest BCUT2D eigenvalue weighted by Crippen LogP contribution is -2.50. The number of nitrogens with two attached hydrogens (primary N) is 1. The van der Waals surface area contributed by atoms with Crippen LogP contribution in [0.2, 0.25) is 0 Å². The Kier molecular flexibility index (Phi) is 4.20. The summed E-state index contributed by atoms with van der Waals surface area (Å²) in [5.41, 5.74) is 5.92. The minimum atomic E-state index is 0.107. The fourth-order valence-corrected chi connectivity index (χ4v) is 3.19. The van der Waals surface area contributed by atoms with Crippen molar-refractivity contribution in [2.45, 2.75) is 39.0 Å². The van der Waals surface area contributed by atoms with Crippen LogP contribution >= 0.6 is 11.3 Å². The maximum atomic E-state index is 5.92. The van der Waals surface area contributed by atoms with Crippen molar-refractivity contribution in [2.75, 3.05) is 19.7 Å². The normalized spacial score (nSPS) is 25.8. The van der Waals surface area contributed by atoms with E-state index in [1.165, 1.54) is 9.75 Å². The van der Waals surface area contributed by atoms with Gasteiger partial charge in [-0.15, -0.1) is 11.3 Å². The zero-order valence-corrected chi connectivity index (χ0v) is 11.7. The van der Waals surface area contributed by atoms with Crippen molar-refractivity contribution < 1.29 is 4.74 Å². The lowest BCUT2D eigenvalue weighted by Gasteiger charge is -2.37.